The number of fused-ring (bicyclic) bond motifs is 1. The fourth-order valence-electron chi connectivity index (χ4n) is 4.43. The van der Waals surface area contributed by atoms with Crippen molar-refractivity contribution in [2.24, 2.45) is 11.8 Å². The SMILES string of the molecule is Cc1noc(C)c1CCCNC(=O)N1C[C@H](C)[C@@H]2CCCC[C@@H]21. The van der Waals surface area contributed by atoms with Gasteiger partial charge in [0.15, 0.2) is 0 Å². The zero-order valence-corrected chi connectivity index (χ0v) is 14.6. The maximum absolute atomic E-state index is 12.5. The molecule has 23 heavy (non-hydrogen) atoms. The standard InChI is InChI=1S/C18H29N3O2/c1-12-11-21(17-9-5-4-7-15(12)17)18(22)19-10-6-8-16-13(2)20-23-14(16)3/h12,15,17H,4-11H2,1-3H3,(H,19,22)/t12-,15-,17-/m0/s1. The van der Waals surface area contributed by atoms with Gasteiger partial charge in [0.2, 0.25) is 0 Å². The van der Waals surface area contributed by atoms with Crippen LogP contribution >= 0.6 is 0 Å². The van der Waals surface area contributed by atoms with Gasteiger partial charge in [-0.1, -0.05) is 24.9 Å². The molecule has 5 heteroatoms. The number of likely N-dealkylation sites (tertiary alicyclic amines) is 1. The quantitative estimate of drug-likeness (QED) is 0.865. The Hall–Kier alpha value is -1.52. The van der Waals surface area contributed by atoms with E-state index in [1.54, 1.807) is 0 Å². The van der Waals surface area contributed by atoms with Crippen LogP contribution in [0.4, 0.5) is 4.79 Å². The molecule has 2 fully saturated rings. The second kappa shape index (κ2) is 6.93. The molecule has 0 unspecified atom stereocenters. The van der Waals surface area contributed by atoms with Gasteiger partial charge in [-0.3, -0.25) is 0 Å². The molecule has 1 saturated carbocycles. The summed E-state index contributed by atoms with van der Waals surface area (Å²) in [4.78, 5) is 14.6. The molecule has 1 N–H and O–H groups in total. The third-order valence-corrected chi connectivity index (χ3v) is 5.72. The van der Waals surface area contributed by atoms with Crippen molar-refractivity contribution in [3.63, 3.8) is 0 Å². The summed E-state index contributed by atoms with van der Waals surface area (Å²) in [7, 11) is 0. The molecule has 1 aliphatic carbocycles. The van der Waals surface area contributed by atoms with Gasteiger partial charge in [-0.2, -0.15) is 0 Å². The molecule has 1 aromatic rings. The van der Waals surface area contributed by atoms with E-state index in [2.05, 4.69) is 22.3 Å². The lowest BCUT2D eigenvalue weighted by Crippen LogP contribution is -2.45. The minimum atomic E-state index is 0.130. The second-order valence-electron chi connectivity index (χ2n) is 7.28. The molecule has 0 bridgehead atoms. The number of urea groups is 1. The number of carbonyl (C=O) groups excluding carboxylic acids is 1. The maximum atomic E-state index is 12.5. The first-order valence-corrected chi connectivity index (χ1v) is 9.04. The van der Waals surface area contributed by atoms with Gasteiger partial charge >= 0.3 is 6.03 Å². The van der Waals surface area contributed by atoms with E-state index in [9.17, 15) is 4.79 Å². The highest BCUT2D eigenvalue weighted by Crippen LogP contribution is 2.39. The van der Waals surface area contributed by atoms with Crippen molar-refractivity contribution in [2.45, 2.75) is 65.3 Å². The third kappa shape index (κ3) is 3.38. The Morgan fingerprint density at radius 3 is 2.87 bits per heavy atom. The van der Waals surface area contributed by atoms with Crippen LogP contribution in [-0.2, 0) is 6.42 Å². The predicted molar refractivity (Wildman–Crippen MR) is 89.3 cm³/mol. The second-order valence-corrected chi connectivity index (χ2v) is 7.28. The Labute approximate surface area is 138 Å². The fraction of sp³-hybridized carbons (Fsp3) is 0.778. The molecule has 1 aromatic heterocycles. The van der Waals surface area contributed by atoms with Crippen LogP contribution in [0.5, 0.6) is 0 Å². The topological polar surface area (TPSA) is 58.4 Å². The molecular formula is C18H29N3O2. The Morgan fingerprint density at radius 1 is 1.35 bits per heavy atom. The molecule has 2 aliphatic rings. The van der Waals surface area contributed by atoms with Crippen LogP contribution < -0.4 is 5.32 Å². The molecular weight excluding hydrogens is 290 g/mol. The van der Waals surface area contributed by atoms with E-state index in [4.69, 9.17) is 4.52 Å². The Balaban J connectivity index is 1.46. The minimum Gasteiger partial charge on any atom is -0.361 e. The number of amides is 2. The van der Waals surface area contributed by atoms with E-state index in [-0.39, 0.29) is 6.03 Å². The molecule has 1 aliphatic heterocycles. The Kier molecular flexibility index (Phi) is 4.93. The number of rotatable bonds is 4. The number of aromatic nitrogens is 1. The van der Waals surface area contributed by atoms with Crippen LogP contribution in [-0.4, -0.2) is 35.2 Å². The van der Waals surface area contributed by atoms with E-state index >= 15 is 0 Å². The predicted octanol–water partition coefficient (Wildman–Crippen LogP) is 3.44. The zero-order valence-electron chi connectivity index (χ0n) is 14.6. The molecule has 128 valence electrons. The highest BCUT2D eigenvalue weighted by Gasteiger charge is 2.42. The van der Waals surface area contributed by atoms with E-state index in [0.717, 1.165) is 36.8 Å². The lowest BCUT2D eigenvalue weighted by Gasteiger charge is -2.32. The summed E-state index contributed by atoms with van der Waals surface area (Å²) in [5.41, 5.74) is 2.15. The van der Waals surface area contributed by atoms with E-state index in [1.165, 1.54) is 31.2 Å². The molecule has 2 amide bonds. The van der Waals surface area contributed by atoms with Crippen LogP contribution in [0.25, 0.3) is 0 Å². The number of aryl methyl sites for hydroxylation is 2. The van der Waals surface area contributed by atoms with Crippen LogP contribution in [0.15, 0.2) is 4.52 Å². The van der Waals surface area contributed by atoms with E-state index in [0.29, 0.717) is 18.5 Å². The van der Waals surface area contributed by atoms with E-state index < -0.39 is 0 Å². The number of hydrogen-bond acceptors (Lipinski definition) is 3. The van der Waals surface area contributed by atoms with Gasteiger partial charge in [0.05, 0.1) is 5.69 Å². The minimum absolute atomic E-state index is 0.130. The largest absolute Gasteiger partial charge is 0.361 e. The van der Waals surface area contributed by atoms with Gasteiger partial charge in [0, 0.05) is 24.7 Å². The zero-order chi connectivity index (χ0) is 16.4. The average Bonchev–Trinajstić information content (AvgIpc) is 3.05. The first kappa shape index (κ1) is 16.3. The lowest BCUT2D eigenvalue weighted by molar-refractivity contribution is 0.169. The summed E-state index contributed by atoms with van der Waals surface area (Å²) in [5.74, 6) is 2.26. The average molecular weight is 319 g/mol. The normalized spacial score (nSPS) is 27.1. The summed E-state index contributed by atoms with van der Waals surface area (Å²) in [6, 6.07) is 0.603. The summed E-state index contributed by atoms with van der Waals surface area (Å²) in [5, 5.41) is 7.09. The van der Waals surface area contributed by atoms with Crippen LogP contribution in [0.1, 0.15) is 56.0 Å². The summed E-state index contributed by atoms with van der Waals surface area (Å²) >= 11 is 0. The number of hydrogen-bond donors (Lipinski definition) is 1. The van der Waals surface area contributed by atoms with Crippen LogP contribution in [0, 0.1) is 25.7 Å². The maximum Gasteiger partial charge on any atom is 0.317 e. The first-order valence-electron chi connectivity index (χ1n) is 9.04. The van der Waals surface area contributed by atoms with Gasteiger partial charge in [0.1, 0.15) is 5.76 Å². The molecule has 0 aromatic carbocycles. The van der Waals surface area contributed by atoms with Gasteiger partial charge < -0.3 is 14.7 Å². The molecule has 5 nitrogen and oxygen atoms in total. The lowest BCUT2D eigenvalue weighted by atomic mass is 9.80. The van der Waals surface area contributed by atoms with Crippen molar-refractivity contribution in [1.29, 1.82) is 0 Å². The number of nitrogens with zero attached hydrogens (tertiary/aromatic N) is 2. The highest BCUT2D eigenvalue weighted by atomic mass is 16.5. The molecule has 0 spiro atoms. The molecule has 2 heterocycles. The van der Waals surface area contributed by atoms with Crippen molar-refractivity contribution >= 4 is 6.03 Å². The van der Waals surface area contributed by atoms with Gasteiger partial charge in [-0.05, 0) is 51.4 Å². The third-order valence-electron chi connectivity index (χ3n) is 5.72. The van der Waals surface area contributed by atoms with Crippen molar-refractivity contribution in [2.75, 3.05) is 13.1 Å². The summed E-state index contributed by atoms with van der Waals surface area (Å²) in [6.45, 7) is 7.85. The monoisotopic (exact) mass is 319 g/mol. The van der Waals surface area contributed by atoms with Crippen molar-refractivity contribution < 1.29 is 9.32 Å². The summed E-state index contributed by atoms with van der Waals surface area (Å²) in [6.07, 6.45) is 6.90. The Bertz CT molecular complexity index is 535. The number of nitrogens with one attached hydrogen (secondary N) is 1. The van der Waals surface area contributed by atoms with Crippen LogP contribution in [0.3, 0.4) is 0 Å². The molecule has 3 rings (SSSR count). The number of carbonyl (C=O) groups is 1. The molecule has 3 atom stereocenters. The van der Waals surface area contributed by atoms with Crippen molar-refractivity contribution in [3.8, 4) is 0 Å². The first-order chi connectivity index (χ1) is 11.1. The van der Waals surface area contributed by atoms with E-state index in [1.807, 2.05) is 13.8 Å². The molecule has 0 radical (unpaired) electrons. The van der Waals surface area contributed by atoms with Crippen molar-refractivity contribution in [3.05, 3.63) is 17.0 Å². The van der Waals surface area contributed by atoms with Gasteiger partial charge in [0.25, 0.3) is 0 Å². The van der Waals surface area contributed by atoms with Crippen molar-refractivity contribution in [1.82, 2.24) is 15.4 Å². The summed E-state index contributed by atoms with van der Waals surface area (Å²) < 4.78 is 5.18. The Morgan fingerprint density at radius 2 is 2.13 bits per heavy atom. The van der Waals surface area contributed by atoms with Gasteiger partial charge in [-0.25, -0.2) is 4.79 Å². The van der Waals surface area contributed by atoms with Crippen LogP contribution in [0.2, 0.25) is 0 Å². The van der Waals surface area contributed by atoms with Gasteiger partial charge in [-0.15, -0.1) is 0 Å². The molecule has 1 saturated heterocycles. The highest BCUT2D eigenvalue weighted by molar-refractivity contribution is 5.75. The fourth-order valence-corrected chi connectivity index (χ4v) is 4.43. The smallest absolute Gasteiger partial charge is 0.317 e.